The maximum absolute atomic E-state index is 9.64. The largest absolute Gasteiger partial charge is 0.414 e. The molecule has 4 atom stereocenters. The first-order chi connectivity index (χ1) is 17.4. The summed E-state index contributed by atoms with van der Waals surface area (Å²) in [4.78, 5) is 4.29. The van der Waals surface area contributed by atoms with Gasteiger partial charge in [0, 0.05) is 0 Å². The molecule has 1 fully saturated rings. The molecule has 1 aromatic rings. The third-order valence-electron chi connectivity index (χ3n) is 9.48. The maximum Gasteiger partial charge on any atom is 0.192 e. The van der Waals surface area contributed by atoms with Gasteiger partial charge in [0.15, 0.2) is 36.9 Å². The van der Waals surface area contributed by atoms with Gasteiger partial charge in [-0.3, -0.25) is 4.57 Å². The van der Waals surface area contributed by atoms with Crippen LogP contribution in [0.3, 0.4) is 0 Å². The third kappa shape index (κ3) is 7.16. The summed E-state index contributed by atoms with van der Waals surface area (Å²) >= 11 is 0. The molecule has 2 heterocycles. The van der Waals surface area contributed by atoms with Gasteiger partial charge in [-0.05, 0) is 60.3 Å². The minimum absolute atomic E-state index is 0.00952. The lowest BCUT2D eigenvalue weighted by atomic mass is 10.1. The molecule has 1 saturated heterocycles. The van der Waals surface area contributed by atoms with Crippen LogP contribution in [0.5, 0.6) is 0 Å². The molecule has 220 valence electrons. The van der Waals surface area contributed by atoms with E-state index < -0.39 is 37.3 Å². The number of ether oxygens (including phenoxy) is 1. The maximum atomic E-state index is 9.64. The van der Waals surface area contributed by atoms with E-state index in [1.54, 1.807) is 10.9 Å². The average molecular weight is 592 g/mol. The molecule has 7 nitrogen and oxygen atoms in total. The lowest BCUT2D eigenvalue weighted by Gasteiger charge is -2.44. The Morgan fingerprint density at radius 1 is 0.872 bits per heavy atom. The van der Waals surface area contributed by atoms with E-state index in [0.717, 1.165) is 0 Å². The zero-order chi connectivity index (χ0) is 30.4. The standard InChI is InChI=1S/C29H53N3O4Si3/c1-17-22-21(18-30)31-20-32(22)26-25(36-39(15,16)29(8,9)10)24(35-38(13,14)28(5,6)7)23(34-26)19-33-37(11,12)27(2,3)4/h1,20,23-26H,19H2,2-16H3/t23-,24-,25-,26?/m1/s1. The number of aromatic nitrogens is 2. The van der Waals surface area contributed by atoms with E-state index in [2.05, 4.69) is 119 Å². The lowest BCUT2D eigenvalue weighted by Crippen LogP contribution is -2.54. The van der Waals surface area contributed by atoms with Crippen LogP contribution in [0.15, 0.2) is 6.33 Å². The highest BCUT2D eigenvalue weighted by Gasteiger charge is 2.55. The van der Waals surface area contributed by atoms with Gasteiger partial charge in [-0.15, -0.1) is 6.42 Å². The molecule has 0 saturated carbocycles. The van der Waals surface area contributed by atoms with Gasteiger partial charge in [-0.25, -0.2) is 4.98 Å². The van der Waals surface area contributed by atoms with Crippen LogP contribution < -0.4 is 0 Å². The number of nitrogens with zero attached hydrogens (tertiary/aromatic N) is 3. The molecule has 1 aliphatic rings. The molecular weight excluding hydrogens is 539 g/mol. The number of rotatable bonds is 8. The lowest BCUT2D eigenvalue weighted by molar-refractivity contribution is -0.0491. The minimum Gasteiger partial charge on any atom is -0.414 e. The summed E-state index contributed by atoms with van der Waals surface area (Å²) in [5, 5.41) is 9.66. The molecular formula is C29H53N3O4Si3. The van der Waals surface area contributed by atoms with Crippen molar-refractivity contribution in [3.63, 3.8) is 0 Å². The molecule has 2 rings (SSSR count). The van der Waals surface area contributed by atoms with Crippen LogP contribution in [0.2, 0.25) is 54.4 Å². The summed E-state index contributed by atoms with van der Waals surface area (Å²) in [5.41, 5.74) is 0.596. The zero-order valence-corrected chi connectivity index (χ0v) is 30.1. The number of hydrogen-bond donors (Lipinski definition) is 0. The van der Waals surface area contributed by atoms with Gasteiger partial charge < -0.3 is 18.0 Å². The van der Waals surface area contributed by atoms with Crippen LogP contribution in [0.1, 0.15) is 79.9 Å². The van der Waals surface area contributed by atoms with Crippen molar-refractivity contribution in [1.82, 2.24) is 9.55 Å². The molecule has 39 heavy (non-hydrogen) atoms. The zero-order valence-electron chi connectivity index (χ0n) is 27.1. The fourth-order valence-corrected chi connectivity index (χ4v) is 7.27. The monoisotopic (exact) mass is 591 g/mol. The van der Waals surface area contributed by atoms with E-state index in [-0.39, 0.29) is 33.0 Å². The van der Waals surface area contributed by atoms with E-state index in [1.165, 1.54) is 0 Å². The van der Waals surface area contributed by atoms with Crippen molar-refractivity contribution in [3.8, 4) is 18.4 Å². The number of nitriles is 1. The van der Waals surface area contributed by atoms with E-state index in [1.807, 2.05) is 0 Å². The molecule has 0 amide bonds. The summed E-state index contributed by atoms with van der Waals surface area (Å²) in [6.07, 6.45) is 5.70. The van der Waals surface area contributed by atoms with Crippen molar-refractivity contribution in [3.05, 3.63) is 17.7 Å². The second-order valence-corrected chi connectivity index (χ2v) is 29.7. The van der Waals surface area contributed by atoms with Crippen molar-refractivity contribution in [1.29, 1.82) is 5.26 Å². The van der Waals surface area contributed by atoms with Crippen LogP contribution in [-0.2, 0) is 18.0 Å². The second kappa shape index (κ2) is 11.2. The number of terminal acetylenes is 1. The Labute approximate surface area is 241 Å². The van der Waals surface area contributed by atoms with Gasteiger partial charge in [-0.2, -0.15) is 5.26 Å². The smallest absolute Gasteiger partial charge is 0.192 e. The topological polar surface area (TPSA) is 78.5 Å². The van der Waals surface area contributed by atoms with Crippen molar-refractivity contribution in [2.75, 3.05) is 6.61 Å². The second-order valence-electron chi connectivity index (χ2n) is 15.4. The Morgan fingerprint density at radius 3 is 1.74 bits per heavy atom. The van der Waals surface area contributed by atoms with E-state index in [0.29, 0.717) is 12.3 Å². The predicted molar refractivity (Wildman–Crippen MR) is 166 cm³/mol. The molecule has 0 spiro atoms. The Hall–Kier alpha value is -1.25. The van der Waals surface area contributed by atoms with E-state index in [9.17, 15) is 5.26 Å². The summed E-state index contributed by atoms with van der Waals surface area (Å²) in [6, 6.07) is 2.11. The summed E-state index contributed by atoms with van der Waals surface area (Å²) in [5.74, 6) is 2.66. The van der Waals surface area contributed by atoms with Gasteiger partial charge in [-0.1, -0.05) is 62.3 Å². The van der Waals surface area contributed by atoms with E-state index >= 15 is 0 Å². The molecule has 1 aliphatic heterocycles. The SMILES string of the molecule is C#Cc1c(C#N)ncn1C1O[C@H](CO[Si](C)(C)C(C)(C)C)[C@@H](O[Si](C)(C)C(C)(C)C)[C@H]1O[Si](C)(C)C(C)(C)C. The van der Waals surface area contributed by atoms with Crippen LogP contribution in [0, 0.1) is 23.7 Å². The van der Waals surface area contributed by atoms with Gasteiger partial charge in [0.1, 0.15) is 30.1 Å². The van der Waals surface area contributed by atoms with Gasteiger partial charge >= 0.3 is 0 Å². The third-order valence-corrected chi connectivity index (χ3v) is 22.9. The molecule has 1 unspecified atom stereocenters. The van der Waals surface area contributed by atoms with Crippen LogP contribution in [0.25, 0.3) is 0 Å². The Morgan fingerprint density at radius 2 is 1.33 bits per heavy atom. The number of imidazole rings is 1. The highest BCUT2D eigenvalue weighted by molar-refractivity contribution is 6.75. The predicted octanol–water partition coefficient (Wildman–Crippen LogP) is 7.44. The van der Waals surface area contributed by atoms with Crippen molar-refractivity contribution < 1.29 is 18.0 Å². The Balaban J connectivity index is 2.68. The fourth-order valence-electron chi connectivity index (χ4n) is 3.65. The highest BCUT2D eigenvalue weighted by Crippen LogP contribution is 2.46. The summed E-state index contributed by atoms with van der Waals surface area (Å²) < 4.78 is 29.6. The Bertz CT molecular complexity index is 1100. The molecule has 0 aliphatic carbocycles. The average Bonchev–Trinajstić information content (AvgIpc) is 3.30. The summed E-state index contributed by atoms with van der Waals surface area (Å²) in [7, 11) is -6.60. The highest BCUT2D eigenvalue weighted by atomic mass is 28.4. The van der Waals surface area contributed by atoms with Crippen LogP contribution in [0.4, 0.5) is 0 Å². The van der Waals surface area contributed by atoms with Crippen LogP contribution in [-0.4, -0.2) is 59.4 Å². The number of hydrogen-bond acceptors (Lipinski definition) is 6. The minimum atomic E-state index is -2.28. The van der Waals surface area contributed by atoms with Crippen molar-refractivity contribution in [2.45, 2.75) is 141 Å². The first-order valence-electron chi connectivity index (χ1n) is 14.0. The first kappa shape index (κ1) is 34.0. The van der Waals surface area contributed by atoms with Gasteiger partial charge in [0.2, 0.25) is 0 Å². The quantitative estimate of drug-likeness (QED) is 0.231. The normalized spacial score (nSPS) is 23.5. The molecule has 0 radical (unpaired) electrons. The van der Waals surface area contributed by atoms with Gasteiger partial charge in [0.25, 0.3) is 0 Å². The fraction of sp³-hybridized carbons (Fsp3) is 0.793. The molecule has 10 heteroatoms. The van der Waals surface area contributed by atoms with E-state index in [4.69, 9.17) is 24.4 Å². The van der Waals surface area contributed by atoms with Crippen molar-refractivity contribution in [2.24, 2.45) is 0 Å². The van der Waals surface area contributed by atoms with Gasteiger partial charge in [0.05, 0.1) is 12.9 Å². The molecule has 1 aromatic heterocycles. The molecule has 0 N–H and O–H groups in total. The molecule has 0 aromatic carbocycles. The first-order valence-corrected chi connectivity index (χ1v) is 22.7. The van der Waals surface area contributed by atoms with Crippen molar-refractivity contribution >= 4 is 25.0 Å². The summed E-state index contributed by atoms with van der Waals surface area (Å²) in [6.45, 7) is 34.0. The Kier molecular flexibility index (Phi) is 9.75. The van der Waals surface area contributed by atoms with Crippen LogP contribution >= 0.6 is 0 Å². The molecule has 0 bridgehead atoms.